The third-order valence-corrected chi connectivity index (χ3v) is 4.42. The number of amides is 2. The lowest BCUT2D eigenvalue weighted by Crippen LogP contribution is -2.52. The van der Waals surface area contributed by atoms with Gasteiger partial charge in [0.15, 0.2) is 0 Å². The molecule has 0 aliphatic carbocycles. The van der Waals surface area contributed by atoms with Gasteiger partial charge in [0.25, 0.3) is 0 Å². The summed E-state index contributed by atoms with van der Waals surface area (Å²) < 4.78 is 5.21. The van der Waals surface area contributed by atoms with Crippen LogP contribution in [0.4, 0.5) is 4.79 Å². The number of carbonyl (C=O) groups excluding carboxylic acids is 2. The van der Waals surface area contributed by atoms with E-state index in [9.17, 15) is 19.5 Å². The number of rotatable bonds is 7. The van der Waals surface area contributed by atoms with Crippen molar-refractivity contribution in [1.29, 1.82) is 0 Å². The third kappa shape index (κ3) is 7.19. The summed E-state index contributed by atoms with van der Waals surface area (Å²) in [5.41, 5.74) is 4.80. The Labute approximate surface area is 156 Å². The molecule has 2 amide bonds. The van der Waals surface area contributed by atoms with Crippen LogP contribution >= 0.6 is 15.9 Å². The van der Waals surface area contributed by atoms with Crippen LogP contribution in [0.25, 0.3) is 0 Å². The topological polar surface area (TPSA) is 122 Å². The Morgan fingerprint density at radius 2 is 2.00 bits per heavy atom. The predicted octanol–water partition coefficient (Wildman–Crippen LogP) is 1.46. The van der Waals surface area contributed by atoms with Crippen molar-refractivity contribution in [3.05, 3.63) is 0 Å². The molecule has 0 spiro atoms. The fraction of sp³-hybridized carbons (Fsp3) is 0.812. The van der Waals surface area contributed by atoms with Gasteiger partial charge in [0.05, 0.1) is 0 Å². The number of hydrogen-bond donors (Lipinski definition) is 3. The van der Waals surface area contributed by atoms with Crippen LogP contribution < -0.4 is 11.1 Å². The van der Waals surface area contributed by atoms with E-state index in [4.69, 9.17) is 10.5 Å². The number of nitrogens with zero attached hydrogens (tertiary/aromatic N) is 1. The Kier molecular flexibility index (Phi) is 8.14. The lowest BCUT2D eigenvalue weighted by Gasteiger charge is -2.28. The zero-order valence-electron chi connectivity index (χ0n) is 15.0. The van der Waals surface area contributed by atoms with E-state index >= 15 is 0 Å². The summed E-state index contributed by atoms with van der Waals surface area (Å²) in [7, 11) is 0. The SMILES string of the molecule is CC(C)(C)OC(=O)N[C@@H](CCCCN)C(=O)N1CC(Br)C[C@H]1C(=O)O. The van der Waals surface area contributed by atoms with Gasteiger partial charge in [-0.25, -0.2) is 9.59 Å². The van der Waals surface area contributed by atoms with E-state index in [0.29, 0.717) is 38.8 Å². The first-order valence-corrected chi connectivity index (χ1v) is 9.33. The minimum absolute atomic E-state index is 0.0798. The van der Waals surface area contributed by atoms with Crippen molar-refractivity contribution >= 4 is 33.9 Å². The first-order chi connectivity index (χ1) is 11.5. The van der Waals surface area contributed by atoms with Gasteiger partial charge in [0.1, 0.15) is 17.7 Å². The molecule has 1 unspecified atom stereocenters. The number of hydrogen-bond acceptors (Lipinski definition) is 5. The lowest BCUT2D eigenvalue weighted by molar-refractivity contribution is -0.149. The summed E-state index contributed by atoms with van der Waals surface area (Å²) in [6, 6.07) is -1.73. The first kappa shape index (κ1) is 21.7. The molecule has 0 aromatic carbocycles. The molecule has 9 heteroatoms. The van der Waals surface area contributed by atoms with Gasteiger partial charge in [-0.3, -0.25) is 4.79 Å². The third-order valence-electron chi connectivity index (χ3n) is 3.75. The zero-order chi connectivity index (χ0) is 19.2. The van der Waals surface area contributed by atoms with Crippen molar-refractivity contribution in [2.45, 2.75) is 69.0 Å². The van der Waals surface area contributed by atoms with E-state index in [2.05, 4.69) is 21.2 Å². The van der Waals surface area contributed by atoms with Crippen molar-refractivity contribution in [3.63, 3.8) is 0 Å². The largest absolute Gasteiger partial charge is 0.480 e. The smallest absolute Gasteiger partial charge is 0.408 e. The van der Waals surface area contributed by atoms with E-state index in [1.807, 2.05) is 0 Å². The highest BCUT2D eigenvalue weighted by Gasteiger charge is 2.41. The lowest BCUT2D eigenvalue weighted by atomic mass is 10.1. The van der Waals surface area contributed by atoms with E-state index in [0.717, 1.165) is 0 Å². The minimum atomic E-state index is -1.05. The molecule has 144 valence electrons. The fourth-order valence-corrected chi connectivity index (χ4v) is 3.33. The number of nitrogens with two attached hydrogens (primary N) is 1. The molecular weight excluding hydrogens is 394 g/mol. The summed E-state index contributed by atoms with van der Waals surface area (Å²) >= 11 is 3.37. The van der Waals surface area contributed by atoms with Crippen molar-refractivity contribution in [3.8, 4) is 0 Å². The van der Waals surface area contributed by atoms with Crippen molar-refractivity contribution < 1.29 is 24.2 Å². The maximum Gasteiger partial charge on any atom is 0.408 e. The van der Waals surface area contributed by atoms with Crippen LogP contribution in [-0.4, -0.2) is 63.6 Å². The number of alkyl halides is 1. The molecule has 0 radical (unpaired) electrons. The van der Waals surface area contributed by atoms with Gasteiger partial charge >= 0.3 is 12.1 Å². The number of nitrogens with one attached hydrogen (secondary N) is 1. The molecule has 0 saturated carbocycles. The molecule has 8 nitrogen and oxygen atoms in total. The second kappa shape index (κ2) is 9.38. The molecule has 1 saturated heterocycles. The Morgan fingerprint density at radius 1 is 1.36 bits per heavy atom. The summed E-state index contributed by atoms with van der Waals surface area (Å²) in [5.74, 6) is -1.45. The molecule has 1 aliphatic heterocycles. The maximum atomic E-state index is 12.8. The molecule has 1 aliphatic rings. The molecule has 4 N–H and O–H groups in total. The van der Waals surface area contributed by atoms with E-state index < -0.39 is 35.7 Å². The number of unbranched alkanes of at least 4 members (excludes halogenated alkanes) is 1. The Hall–Kier alpha value is -1.35. The molecule has 0 aromatic rings. The summed E-state index contributed by atoms with van der Waals surface area (Å²) in [5, 5.41) is 11.9. The van der Waals surface area contributed by atoms with Crippen LogP contribution in [0.2, 0.25) is 0 Å². The number of carboxylic acid groups (broad SMARTS) is 1. The number of alkyl carbamates (subject to hydrolysis) is 1. The van der Waals surface area contributed by atoms with Crippen LogP contribution in [0, 0.1) is 0 Å². The molecular formula is C16H28BrN3O5. The average molecular weight is 422 g/mol. The van der Waals surface area contributed by atoms with Crippen molar-refractivity contribution in [1.82, 2.24) is 10.2 Å². The Balaban J connectivity index is 2.84. The second-order valence-electron chi connectivity index (χ2n) is 7.16. The van der Waals surface area contributed by atoms with E-state index in [1.54, 1.807) is 20.8 Å². The van der Waals surface area contributed by atoms with Crippen LogP contribution in [0.5, 0.6) is 0 Å². The van der Waals surface area contributed by atoms with E-state index in [1.165, 1.54) is 4.90 Å². The van der Waals surface area contributed by atoms with Gasteiger partial charge in [0.2, 0.25) is 5.91 Å². The minimum Gasteiger partial charge on any atom is -0.480 e. The van der Waals surface area contributed by atoms with Crippen molar-refractivity contribution in [2.24, 2.45) is 5.73 Å². The van der Waals surface area contributed by atoms with Gasteiger partial charge in [-0.2, -0.15) is 0 Å². The highest BCUT2D eigenvalue weighted by Crippen LogP contribution is 2.25. The normalized spacial score (nSPS) is 21.7. The summed E-state index contributed by atoms with van der Waals surface area (Å²) in [6.07, 6.45) is 1.38. The number of carboxylic acids is 1. The average Bonchev–Trinajstić information content (AvgIpc) is 2.86. The Bertz CT molecular complexity index is 495. The molecule has 1 fully saturated rings. The van der Waals surface area contributed by atoms with Gasteiger partial charge in [-0.15, -0.1) is 0 Å². The highest BCUT2D eigenvalue weighted by atomic mass is 79.9. The monoisotopic (exact) mass is 421 g/mol. The first-order valence-electron chi connectivity index (χ1n) is 8.42. The molecule has 1 rings (SSSR count). The van der Waals surface area contributed by atoms with Crippen LogP contribution in [0.3, 0.4) is 0 Å². The molecule has 0 aromatic heterocycles. The number of aliphatic carboxylic acids is 1. The molecule has 1 heterocycles. The van der Waals surface area contributed by atoms with Gasteiger partial charge in [-0.1, -0.05) is 15.9 Å². The second-order valence-corrected chi connectivity index (χ2v) is 8.46. The number of halogens is 1. The Morgan fingerprint density at radius 3 is 2.52 bits per heavy atom. The molecule has 3 atom stereocenters. The highest BCUT2D eigenvalue weighted by molar-refractivity contribution is 9.09. The predicted molar refractivity (Wildman–Crippen MR) is 96.5 cm³/mol. The number of likely N-dealkylation sites (tertiary alicyclic amines) is 1. The maximum absolute atomic E-state index is 12.8. The molecule has 25 heavy (non-hydrogen) atoms. The fourth-order valence-electron chi connectivity index (χ4n) is 2.66. The van der Waals surface area contributed by atoms with Crippen LogP contribution in [0.1, 0.15) is 46.5 Å². The quantitative estimate of drug-likeness (QED) is 0.422. The van der Waals surface area contributed by atoms with Gasteiger partial charge < -0.3 is 25.8 Å². The summed E-state index contributed by atoms with van der Waals surface area (Å²) in [6.45, 7) is 5.97. The van der Waals surface area contributed by atoms with Crippen molar-refractivity contribution in [2.75, 3.05) is 13.1 Å². The molecule has 0 bridgehead atoms. The van der Waals surface area contributed by atoms with Crippen LogP contribution in [0.15, 0.2) is 0 Å². The van der Waals surface area contributed by atoms with E-state index in [-0.39, 0.29) is 4.83 Å². The van der Waals surface area contributed by atoms with Gasteiger partial charge in [-0.05, 0) is 53.0 Å². The van der Waals surface area contributed by atoms with Gasteiger partial charge in [0, 0.05) is 11.4 Å². The number of ether oxygens (including phenoxy) is 1. The zero-order valence-corrected chi connectivity index (χ0v) is 16.5. The van der Waals surface area contributed by atoms with Crippen LogP contribution in [-0.2, 0) is 14.3 Å². The number of carbonyl (C=O) groups is 3. The standard InChI is InChI=1S/C16H28BrN3O5/c1-16(2,3)25-15(24)19-11(6-4-5-7-18)13(21)20-9-10(17)8-12(20)14(22)23/h10-12H,4-9,18H2,1-3H3,(H,19,24)(H,22,23)/t10?,11-,12-/m0/s1. The summed E-state index contributed by atoms with van der Waals surface area (Å²) in [4.78, 5) is 37.5.